The first-order valence-corrected chi connectivity index (χ1v) is 9.26. The summed E-state index contributed by atoms with van der Waals surface area (Å²) in [5.41, 5.74) is 3.91. The van der Waals surface area contributed by atoms with Gasteiger partial charge in [0.2, 0.25) is 0 Å². The Bertz CT molecular complexity index is 1100. The molecule has 0 saturated heterocycles. The number of likely N-dealkylation sites (N-methyl/N-ethyl adjacent to an activating group) is 1. The van der Waals surface area contributed by atoms with Crippen molar-refractivity contribution in [2.45, 2.75) is 20.4 Å². The van der Waals surface area contributed by atoms with E-state index in [9.17, 15) is 4.79 Å². The predicted molar refractivity (Wildman–Crippen MR) is 108 cm³/mol. The fourth-order valence-corrected chi connectivity index (χ4v) is 3.70. The monoisotopic (exact) mass is 345 g/mol. The van der Waals surface area contributed by atoms with E-state index in [2.05, 4.69) is 29.4 Å². The zero-order chi connectivity index (χ0) is 18.1. The lowest BCUT2D eigenvalue weighted by Crippen LogP contribution is -2.28. The Kier molecular flexibility index (Phi) is 4.43. The van der Waals surface area contributed by atoms with Crippen LogP contribution in [-0.2, 0) is 6.54 Å². The van der Waals surface area contributed by atoms with Gasteiger partial charge in [-0.2, -0.15) is 0 Å². The lowest BCUT2D eigenvalue weighted by Gasteiger charge is -2.23. The SMILES string of the molecule is CCN(CC)CCn1c2cc(=O)c3ccccc3c-2nc2ccccc21. The van der Waals surface area contributed by atoms with Gasteiger partial charge < -0.3 is 9.47 Å². The summed E-state index contributed by atoms with van der Waals surface area (Å²) in [5.74, 6) is 0. The molecule has 2 aromatic carbocycles. The minimum Gasteiger partial charge on any atom is -0.337 e. The van der Waals surface area contributed by atoms with Crippen LogP contribution in [0.1, 0.15) is 13.8 Å². The summed E-state index contributed by atoms with van der Waals surface area (Å²) in [6.07, 6.45) is 0. The van der Waals surface area contributed by atoms with Crippen LogP contribution in [-0.4, -0.2) is 34.1 Å². The maximum Gasteiger partial charge on any atom is 0.188 e. The average molecular weight is 345 g/mol. The van der Waals surface area contributed by atoms with Gasteiger partial charge in [-0.05, 0) is 25.2 Å². The van der Waals surface area contributed by atoms with Crippen LogP contribution in [0.2, 0.25) is 0 Å². The smallest absolute Gasteiger partial charge is 0.188 e. The highest BCUT2D eigenvalue weighted by Crippen LogP contribution is 2.30. The third-order valence-electron chi connectivity index (χ3n) is 5.19. The van der Waals surface area contributed by atoms with E-state index in [-0.39, 0.29) is 5.43 Å². The molecular weight excluding hydrogens is 322 g/mol. The normalized spacial score (nSPS) is 11.8. The van der Waals surface area contributed by atoms with E-state index in [1.54, 1.807) is 6.07 Å². The van der Waals surface area contributed by atoms with E-state index in [4.69, 9.17) is 4.98 Å². The highest BCUT2D eigenvalue weighted by molar-refractivity contribution is 5.97. The largest absolute Gasteiger partial charge is 0.337 e. The van der Waals surface area contributed by atoms with E-state index in [0.717, 1.165) is 59.4 Å². The van der Waals surface area contributed by atoms with Gasteiger partial charge in [0, 0.05) is 29.9 Å². The molecule has 0 saturated carbocycles. The number of hydrogen-bond acceptors (Lipinski definition) is 3. The molecule has 132 valence electrons. The second-order valence-electron chi connectivity index (χ2n) is 6.57. The molecule has 0 atom stereocenters. The molecule has 1 aliphatic heterocycles. The Balaban J connectivity index is 2.01. The quantitative estimate of drug-likeness (QED) is 0.405. The highest BCUT2D eigenvalue weighted by Gasteiger charge is 2.17. The minimum absolute atomic E-state index is 0.0572. The standard InChI is InChI=1S/C22H23N3O/c1-3-24(4-2)13-14-25-19-12-8-7-11-18(19)23-22-17-10-6-5-9-16(17)21(26)15-20(22)25/h5-12,15H,3-4,13-14H2,1-2H3. The Hall–Kier alpha value is -2.72. The van der Waals surface area contributed by atoms with E-state index in [0.29, 0.717) is 0 Å². The maximum absolute atomic E-state index is 12.7. The topological polar surface area (TPSA) is 38.1 Å². The van der Waals surface area contributed by atoms with Crippen LogP contribution < -0.4 is 5.43 Å². The molecule has 1 heterocycles. The third kappa shape index (κ3) is 2.76. The molecule has 4 heteroatoms. The van der Waals surface area contributed by atoms with E-state index in [1.165, 1.54) is 0 Å². The van der Waals surface area contributed by atoms with Crippen molar-refractivity contribution in [3.8, 4) is 11.4 Å². The lowest BCUT2D eigenvalue weighted by atomic mass is 10.0. The van der Waals surface area contributed by atoms with Gasteiger partial charge in [-0.25, -0.2) is 4.98 Å². The predicted octanol–water partition coefficient (Wildman–Crippen LogP) is 4.00. The molecule has 26 heavy (non-hydrogen) atoms. The molecule has 1 aliphatic carbocycles. The summed E-state index contributed by atoms with van der Waals surface area (Å²) in [6, 6.07) is 17.7. The van der Waals surface area contributed by atoms with Gasteiger partial charge in [-0.3, -0.25) is 4.79 Å². The van der Waals surface area contributed by atoms with Crippen LogP contribution in [0.15, 0.2) is 59.4 Å². The fraction of sp³-hybridized carbons (Fsp3) is 0.273. The second-order valence-corrected chi connectivity index (χ2v) is 6.57. The number of nitrogens with zero attached hydrogens (tertiary/aromatic N) is 3. The van der Waals surface area contributed by atoms with E-state index < -0.39 is 0 Å². The van der Waals surface area contributed by atoms with Crippen molar-refractivity contribution in [1.82, 2.24) is 14.5 Å². The Labute approximate surface area is 153 Å². The van der Waals surface area contributed by atoms with Gasteiger partial charge in [-0.1, -0.05) is 50.2 Å². The van der Waals surface area contributed by atoms with Crippen molar-refractivity contribution >= 4 is 21.8 Å². The molecule has 0 N–H and O–H groups in total. The van der Waals surface area contributed by atoms with E-state index in [1.807, 2.05) is 42.5 Å². The molecule has 4 nitrogen and oxygen atoms in total. The van der Waals surface area contributed by atoms with Crippen molar-refractivity contribution in [3.63, 3.8) is 0 Å². The summed E-state index contributed by atoms with van der Waals surface area (Å²) in [7, 11) is 0. The van der Waals surface area contributed by atoms with Gasteiger partial charge in [0.05, 0.1) is 22.4 Å². The zero-order valence-electron chi connectivity index (χ0n) is 15.3. The third-order valence-corrected chi connectivity index (χ3v) is 5.19. The first kappa shape index (κ1) is 16.7. The summed E-state index contributed by atoms with van der Waals surface area (Å²) < 4.78 is 2.25. The van der Waals surface area contributed by atoms with Gasteiger partial charge in [0.15, 0.2) is 5.43 Å². The van der Waals surface area contributed by atoms with Crippen LogP contribution >= 0.6 is 0 Å². The van der Waals surface area contributed by atoms with Crippen LogP contribution in [0.4, 0.5) is 0 Å². The molecule has 4 rings (SSSR count). The van der Waals surface area contributed by atoms with Crippen molar-refractivity contribution in [3.05, 3.63) is 64.8 Å². The van der Waals surface area contributed by atoms with Gasteiger partial charge in [0.25, 0.3) is 0 Å². The van der Waals surface area contributed by atoms with Crippen molar-refractivity contribution in [1.29, 1.82) is 0 Å². The molecule has 2 aliphatic rings. The number of para-hydroxylation sites is 2. The molecule has 0 aromatic heterocycles. The molecule has 0 amide bonds. The first-order chi connectivity index (χ1) is 12.7. The Morgan fingerprint density at radius 2 is 1.65 bits per heavy atom. The Morgan fingerprint density at radius 3 is 2.42 bits per heavy atom. The highest BCUT2D eigenvalue weighted by atomic mass is 16.1. The molecule has 0 radical (unpaired) electrons. The van der Waals surface area contributed by atoms with Crippen molar-refractivity contribution in [2.75, 3.05) is 19.6 Å². The van der Waals surface area contributed by atoms with Crippen LogP contribution in [0.25, 0.3) is 33.2 Å². The average Bonchev–Trinajstić information content (AvgIpc) is 2.69. The van der Waals surface area contributed by atoms with Gasteiger partial charge in [0.1, 0.15) is 0 Å². The molecule has 0 spiro atoms. The number of hydrogen-bond donors (Lipinski definition) is 0. The van der Waals surface area contributed by atoms with Crippen molar-refractivity contribution < 1.29 is 0 Å². The molecule has 2 aromatic rings. The molecule has 0 fully saturated rings. The zero-order valence-corrected chi connectivity index (χ0v) is 15.3. The van der Waals surface area contributed by atoms with E-state index >= 15 is 0 Å². The molecule has 0 unspecified atom stereocenters. The number of fused-ring (bicyclic) bond motifs is 4. The summed E-state index contributed by atoms with van der Waals surface area (Å²) in [5, 5.41) is 1.66. The van der Waals surface area contributed by atoms with Crippen molar-refractivity contribution in [2.24, 2.45) is 0 Å². The fourth-order valence-electron chi connectivity index (χ4n) is 3.70. The molecular formula is C22H23N3O. The Morgan fingerprint density at radius 1 is 0.962 bits per heavy atom. The van der Waals surface area contributed by atoms with Crippen LogP contribution in [0, 0.1) is 0 Å². The second kappa shape index (κ2) is 6.89. The molecule has 0 bridgehead atoms. The van der Waals surface area contributed by atoms with Gasteiger partial charge >= 0.3 is 0 Å². The van der Waals surface area contributed by atoms with Gasteiger partial charge in [-0.15, -0.1) is 0 Å². The lowest BCUT2D eigenvalue weighted by molar-refractivity contribution is 0.292. The number of benzene rings is 3. The summed E-state index contributed by atoms with van der Waals surface area (Å²) >= 11 is 0. The maximum atomic E-state index is 12.7. The number of rotatable bonds is 5. The van der Waals surface area contributed by atoms with Crippen LogP contribution in [0.3, 0.4) is 0 Å². The summed E-state index contributed by atoms with van der Waals surface area (Å²) in [6.45, 7) is 8.18. The first-order valence-electron chi connectivity index (χ1n) is 9.26. The number of aromatic nitrogens is 2. The van der Waals surface area contributed by atoms with Crippen LogP contribution in [0.5, 0.6) is 0 Å². The summed E-state index contributed by atoms with van der Waals surface area (Å²) in [4.78, 5) is 20.0. The minimum atomic E-state index is 0.0572.